The second-order valence-electron chi connectivity index (χ2n) is 7.14. The molecule has 0 radical (unpaired) electrons. The molecule has 2 aromatic heterocycles. The number of halogens is 2. The molecule has 0 bridgehead atoms. The van der Waals surface area contributed by atoms with Crippen molar-refractivity contribution in [2.24, 2.45) is 7.05 Å². The Hall–Kier alpha value is -4.39. The average Bonchev–Trinajstić information content (AvgIpc) is 3.28. The van der Waals surface area contributed by atoms with E-state index in [-0.39, 0.29) is 29.4 Å². The number of nitriles is 1. The van der Waals surface area contributed by atoms with Crippen LogP contribution in [-0.2, 0) is 13.6 Å². The quantitative estimate of drug-likeness (QED) is 0.438. The first-order chi connectivity index (χ1) is 15.3. The molecule has 0 saturated carbocycles. The van der Waals surface area contributed by atoms with Gasteiger partial charge in [-0.2, -0.15) is 10.4 Å². The molecule has 0 saturated heterocycles. The zero-order chi connectivity index (χ0) is 23.0. The Kier molecular flexibility index (Phi) is 5.24. The topological polar surface area (TPSA) is 116 Å². The fourth-order valence-electron chi connectivity index (χ4n) is 3.47. The molecule has 0 aliphatic carbocycles. The standard InChI is InChI=1S/C22H17F2N5O3/c1-28-18(9-17(27-28)19(23)24)20(30)26-14-5-6-15-16(8-14)22(32)29(21(15)31)11-13-4-2-3-12(7-13)10-25/h2-9,19,31-32H,11H2,1H3,(H,26,30). The van der Waals surface area contributed by atoms with Gasteiger partial charge in [0.05, 0.1) is 18.2 Å². The van der Waals surface area contributed by atoms with Crippen molar-refractivity contribution in [3.05, 3.63) is 71.0 Å². The Bertz CT molecular complexity index is 1380. The molecular weight excluding hydrogens is 420 g/mol. The lowest BCUT2D eigenvalue weighted by Crippen LogP contribution is -2.15. The number of carbonyl (C=O) groups excluding carboxylic acids is 1. The lowest BCUT2D eigenvalue weighted by molar-refractivity contribution is 0.101. The predicted octanol–water partition coefficient (Wildman–Crippen LogP) is 3.90. The van der Waals surface area contributed by atoms with E-state index in [1.54, 1.807) is 24.3 Å². The molecular formula is C22H17F2N5O3. The van der Waals surface area contributed by atoms with E-state index in [1.165, 1.54) is 29.8 Å². The number of carbonyl (C=O) groups is 1. The van der Waals surface area contributed by atoms with Gasteiger partial charge in [-0.3, -0.25) is 14.0 Å². The number of benzene rings is 2. The zero-order valence-electron chi connectivity index (χ0n) is 16.8. The summed E-state index contributed by atoms with van der Waals surface area (Å²) in [6, 6.07) is 14.3. The highest BCUT2D eigenvalue weighted by Crippen LogP contribution is 2.38. The van der Waals surface area contributed by atoms with Crippen LogP contribution in [0, 0.1) is 11.3 Å². The van der Waals surface area contributed by atoms with Crippen molar-refractivity contribution in [1.82, 2.24) is 14.3 Å². The molecule has 0 spiro atoms. The predicted molar refractivity (Wildman–Crippen MR) is 112 cm³/mol. The fraction of sp³-hybridized carbons (Fsp3) is 0.136. The monoisotopic (exact) mass is 437 g/mol. The summed E-state index contributed by atoms with van der Waals surface area (Å²) in [7, 11) is 1.38. The minimum absolute atomic E-state index is 0.0533. The van der Waals surface area contributed by atoms with Crippen LogP contribution in [0.1, 0.15) is 33.7 Å². The second-order valence-corrected chi connectivity index (χ2v) is 7.14. The molecule has 4 rings (SSSR count). The van der Waals surface area contributed by atoms with Gasteiger partial charge < -0.3 is 15.5 Å². The molecule has 3 N–H and O–H groups in total. The number of fused-ring (bicyclic) bond motifs is 1. The maximum absolute atomic E-state index is 12.8. The molecule has 4 aromatic rings. The number of aromatic nitrogens is 3. The van der Waals surface area contributed by atoms with Gasteiger partial charge in [0.1, 0.15) is 11.4 Å². The number of hydrogen-bond acceptors (Lipinski definition) is 5. The number of hydrogen-bond donors (Lipinski definition) is 3. The first-order valence-corrected chi connectivity index (χ1v) is 9.45. The summed E-state index contributed by atoms with van der Waals surface area (Å²) in [6.45, 7) is 0.120. The van der Waals surface area contributed by atoms with Gasteiger partial charge in [0.25, 0.3) is 12.3 Å². The highest BCUT2D eigenvalue weighted by molar-refractivity contribution is 6.05. The minimum atomic E-state index is -2.80. The third-order valence-electron chi connectivity index (χ3n) is 5.02. The van der Waals surface area contributed by atoms with Crippen LogP contribution in [0.4, 0.5) is 14.5 Å². The summed E-state index contributed by atoms with van der Waals surface area (Å²) in [4.78, 5) is 12.5. The molecule has 1 amide bonds. The van der Waals surface area contributed by atoms with Crippen LogP contribution < -0.4 is 5.32 Å². The lowest BCUT2D eigenvalue weighted by atomic mass is 10.1. The summed E-state index contributed by atoms with van der Waals surface area (Å²) < 4.78 is 28.0. The Morgan fingerprint density at radius 1 is 1.16 bits per heavy atom. The molecule has 0 aliphatic heterocycles. The number of aryl methyl sites for hydroxylation is 1. The summed E-state index contributed by atoms with van der Waals surface area (Å²) in [5, 5.41) is 37.1. The number of nitrogens with one attached hydrogen (secondary N) is 1. The van der Waals surface area contributed by atoms with Gasteiger partial charge in [-0.15, -0.1) is 0 Å². The number of alkyl halides is 2. The van der Waals surface area contributed by atoms with Crippen LogP contribution in [0.5, 0.6) is 11.8 Å². The Morgan fingerprint density at radius 2 is 1.91 bits per heavy atom. The van der Waals surface area contributed by atoms with Gasteiger partial charge in [0, 0.05) is 23.5 Å². The number of nitrogens with zero attached hydrogens (tertiary/aromatic N) is 4. The molecule has 162 valence electrons. The molecule has 2 heterocycles. The molecule has 0 unspecified atom stereocenters. The molecule has 32 heavy (non-hydrogen) atoms. The zero-order valence-corrected chi connectivity index (χ0v) is 16.8. The molecule has 0 atom stereocenters. The third-order valence-corrected chi connectivity index (χ3v) is 5.02. The third kappa shape index (κ3) is 3.72. The number of anilines is 1. The van der Waals surface area contributed by atoms with Crippen molar-refractivity contribution in [2.75, 3.05) is 5.32 Å². The van der Waals surface area contributed by atoms with Crippen LogP contribution >= 0.6 is 0 Å². The largest absolute Gasteiger partial charge is 0.494 e. The average molecular weight is 437 g/mol. The fourth-order valence-corrected chi connectivity index (χ4v) is 3.47. The smallest absolute Gasteiger partial charge is 0.282 e. The molecule has 10 heteroatoms. The summed E-state index contributed by atoms with van der Waals surface area (Å²) in [5.74, 6) is -1.05. The van der Waals surface area contributed by atoms with Crippen molar-refractivity contribution in [3.63, 3.8) is 0 Å². The Balaban J connectivity index is 1.64. The number of rotatable bonds is 5. The highest BCUT2D eigenvalue weighted by Gasteiger charge is 2.20. The normalized spacial score (nSPS) is 11.1. The maximum atomic E-state index is 12.8. The van der Waals surface area contributed by atoms with E-state index in [4.69, 9.17) is 5.26 Å². The van der Waals surface area contributed by atoms with E-state index in [9.17, 15) is 23.8 Å². The summed E-state index contributed by atoms with van der Waals surface area (Å²) in [5.41, 5.74) is 0.889. The number of amides is 1. The first-order valence-electron chi connectivity index (χ1n) is 9.45. The van der Waals surface area contributed by atoms with Crippen LogP contribution in [0.25, 0.3) is 10.8 Å². The Labute approximate surface area is 180 Å². The summed E-state index contributed by atoms with van der Waals surface area (Å²) in [6.07, 6.45) is -2.80. The lowest BCUT2D eigenvalue weighted by Gasteiger charge is -2.07. The van der Waals surface area contributed by atoms with Gasteiger partial charge in [0.2, 0.25) is 11.8 Å². The van der Waals surface area contributed by atoms with Gasteiger partial charge in [-0.05, 0) is 42.0 Å². The van der Waals surface area contributed by atoms with Crippen molar-refractivity contribution in [1.29, 1.82) is 5.26 Å². The van der Waals surface area contributed by atoms with E-state index in [0.29, 0.717) is 22.2 Å². The van der Waals surface area contributed by atoms with E-state index in [2.05, 4.69) is 10.4 Å². The van der Waals surface area contributed by atoms with Crippen molar-refractivity contribution in [3.8, 4) is 17.8 Å². The highest BCUT2D eigenvalue weighted by atomic mass is 19.3. The van der Waals surface area contributed by atoms with Crippen molar-refractivity contribution in [2.45, 2.75) is 13.0 Å². The van der Waals surface area contributed by atoms with Crippen LogP contribution in [0.3, 0.4) is 0 Å². The molecule has 0 fully saturated rings. The van der Waals surface area contributed by atoms with E-state index < -0.39 is 18.0 Å². The van der Waals surface area contributed by atoms with Crippen LogP contribution in [0.15, 0.2) is 48.5 Å². The van der Waals surface area contributed by atoms with Crippen molar-refractivity contribution >= 4 is 22.4 Å². The molecule has 8 nitrogen and oxygen atoms in total. The van der Waals surface area contributed by atoms with E-state index >= 15 is 0 Å². The second kappa shape index (κ2) is 8.03. The SMILES string of the molecule is Cn1nc(C(F)F)cc1C(=O)Nc1ccc2c(O)n(Cc3cccc(C#N)c3)c(O)c2c1. The van der Waals surface area contributed by atoms with Crippen LogP contribution in [-0.4, -0.2) is 30.5 Å². The maximum Gasteiger partial charge on any atom is 0.282 e. The van der Waals surface area contributed by atoms with Gasteiger partial charge in [-0.25, -0.2) is 8.78 Å². The first kappa shape index (κ1) is 20.9. The van der Waals surface area contributed by atoms with Gasteiger partial charge in [-0.1, -0.05) is 12.1 Å². The van der Waals surface area contributed by atoms with Gasteiger partial charge >= 0.3 is 0 Å². The van der Waals surface area contributed by atoms with E-state index in [0.717, 1.165) is 10.7 Å². The van der Waals surface area contributed by atoms with Crippen LogP contribution in [0.2, 0.25) is 0 Å². The number of aromatic hydroxyl groups is 2. The summed E-state index contributed by atoms with van der Waals surface area (Å²) >= 11 is 0. The Morgan fingerprint density at radius 3 is 2.59 bits per heavy atom. The van der Waals surface area contributed by atoms with Crippen molar-refractivity contribution < 1.29 is 23.8 Å². The molecule has 2 aromatic carbocycles. The minimum Gasteiger partial charge on any atom is -0.494 e. The molecule has 0 aliphatic rings. The van der Waals surface area contributed by atoms with Gasteiger partial charge in [0.15, 0.2) is 0 Å². The van der Waals surface area contributed by atoms with E-state index in [1.807, 2.05) is 6.07 Å².